The first-order chi connectivity index (χ1) is 28.3. The minimum Gasteiger partial charge on any atom is -0.309 e. The molecule has 0 aliphatic heterocycles. The van der Waals surface area contributed by atoms with Gasteiger partial charge in [-0.05, 0) is 95.1 Å². The van der Waals surface area contributed by atoms with Gasteiger partial charge in [0.15, 0.2) is 0 Å². The molecule has 57 heavy (non-hydrogen) atoms. The van der Waals surface area contributed by atoms with E-state index in [9.17, 15) is 0 Å². The Labute approximate surface area is 340 Å². The molecule has 0 unspecified atom stereocenters. The number of hydrogen-bond donors (Lipinski definition) is 0. The van der Waals surface area contributed by atoms with Crippen LogP contribution in [-0.4, -0.2) is 0 Å². The van der Waals surface area contributed by atoms with Crippen molar-refractivity contribution in [3.05, 3.63) is 237 Å². The van der Waals surface area contributed by atoms with E-state index in [1.807, 2.05) is 11.3 Å². The van der Waals surface area contributed by atoms with Crippen LogP contribution in [0.15, 0.2) is 256 Å². The van der Waals surface area contributed by atoms with Crippen molar-refractivity contribution < 1.29 is 0 Å². The molecule has 0 saturated heterocycles. The van der Waals surface area contributed by atoms with Gasteiger partial charge < -0.3 is 4.90 Å². The summed E-state index contributed by atoms with van der Waals surface area (Å²) in [5.74, 6) is 0. The average molecular weight is 766 g/mol. The largest absolute Gasteiger partial charge is 0.309 e. The summed E-state index contributed by atoms with van der Waals surface area (Å²) < 4.78 is 2.57. The first-order valence-corrected chi connectivity index (χ1v) is 21.8. The number of fused-ring (bicyclic) bond motifs is 3. The van der Waals surface area contributed by atoms with Gasteiger partial charge in [0.05, 0.1) is 10.4 Å². The van der Waals surface area contributed by atoms with Crippen LogP contribution in [0.2, 0.25) is 0 Å². The molecule has 1 heterocycles. The third kappa shape index (κ3) is 6.22. The van der Waals surface area contributed by atoms with Gasteiger partial charge in [0.1, 0.15) is 0 Å². The summed E-state index contributed by atoms with van der Waals surface area (Å²) in [4.78, 5) is 7.67. The summed E-state index contributed by atoms with van der Waals surface area (Å²) in [5, 5.41) is 2.55. The van der Waals surface area contributed by atoms with E-state index in [2.05, 4.69) is 241 Å². The Hall–Kier alpha value is -6.65. The van der Waals surface area contributed by atoms with Crippen molar-refractivity contribution in [2.75, 3.05) is 4.90 Å². The number of benzene rings is 9. The number of nitrogens with zero attached hydrogens (tertiary/aromatic N) is 1. The second-order valence-electron chi connectivity index (χ2n) is 14.1. The highest BCUT2D eigenvalue weighted by molar-refractivity contribution is 8.34. The van der Waals surface area contributed by atoms with E-state index in [0.29, 0.717) is 0 Å². The molecule has 0 bridgehead atoms. The predicted molar refractivity (Wildman–Crippen MR) is 245 cm³/mol. The van der Waals surface area contributed by atoms with Gasteiger partial charge in [-0.25, -0.2) is 0 Å². The lowest BCUT2D eigenvalue weighted by atomic mass is 10.0. The SMILES string of the molecule is c1ccc(-c2ccc(N(c3cccc(S(c4ccccc4)(c4ccccc4)c4ccccc4)c3)c3cccc4c3sc3c(-c5ccccc5)cccc34)cc2)cc1. The second-order valence-corrected chi connectivity index (χ2v) is 18.2. The quantitative estimate of drug-likeness (QED) is 0.141. The fourth-order valence-corrected chi connectivity index (χ4v) is 13.4. The standard InChI is InChI=1S/C54H39NS2/c1-6-19-40(20-7-1)41-35-37-43(38-36-41)55(52-34-18-33-51-50-32-17-31-49(53(50)56-54(51)52)42-21-8-2-9-22-42)44-23-16-30-48(39-44)57(45-24-10-3-11-25-45,46-26-12-4-13-27-46)47-28-14-5-15-29-47/h1-39H. The maximum atomic E-state index is 2.48. The molecule has 0 aliphatic rings. The van der Waals surface area contributed by atoms with Crippen molar-refractivity contribution in [2.45, 2.75) is 19.6 Å². The highest BCUT2D eigenvalue weighted by atomic mass is 32.3. The Bertz CT molecular complexity index is 2830. The van der Waals surface area contributed by atoms with Crippen LogP contribution in [0.25, 0.3) is 42.4 Å². The van der Waals surface area contributed by atoms with E-state index in [4.69, 9.17) is 0 Å². The minimum atomic E-state index is -1.90. The van der Waals surface area contributed by atoms with Crippen molar-refractivity contribution in [1.82, 2.24) is 0 Å². The van der Waals surface area contributed by atoms with Gasteiger partial charge in [-0.2, -0.15) is 0 Å². The zero-order valence-electron chi connectivity index (χ0n) is 31.3. The molecule has 3 heteroatoms. The van der Waals surface area contributed by atoms with Crippen LogP contribution < -0.4 is 4.90 Å². The second kappa shape index (κ2) is 15.1. The smallest absolute Gasteiger partial charge is 0.0640 e. The molecule has 0 N–H and O–H groups in total. The van der Waals surface area contributed by atoms with Crippen molar-refractivity contribution >= 4 is 58.6 Å². The molecule has 0 spiro atoms. The van der Waals surface area contributed by atoms with Crippen LogP contribution in [0.5, 0.6) is 0 Å². The number of anilines is 3. The molecule has 0 fully saturated rings. The van der Waals surface area contributed by atoms with Gasteiger partial charge in [-0.1, -0.05) is 164 Å². The fourth-order valence-electron chi connectivity index (χ4n) is 8.19. The lowest BCUT2D eigenvalue weighted by Crippen LogP contribution is -2.11. The third-order valence-corrected chi connectivity index (χ3v) is 16.0. The van der Waals surface area contributed by atoms with E-state index in [1.54, 1.807) is 0 Å². The van der Waals surface area contributed by atoms with Gasteiger partial charge in [0.25, 0.3) is 0 Å². The third-order valence-electron chi connectivity index (χ3n) is 10.8. The Morgan fingerprint density at radius 2 is 0.772 bits per heavy atom. The molecule has 10 aromatic rings. The van der Waals surface area contributed by atoms with E-state index in [-0.39, 0.29) is 0 Å². The molecule has 10 rings (SSSR count). The summed E-state index contributed by atoms with van der Waals surface area (Å²) >= 11 is 1.89. The predicted octanol–water partition coefficient (Wildman–Crippen LogP) is 16.2. The van der Waals surface area contributed by atoms with E-state index >= 15 is 0 Å². The topological polar surface area (TPSA) is 3.24 Å². The van der Waals surface area contributed by atoms with Gasteiger partial charge in [0.2, 0.25) is 0 Å². The normalized spacial score (nSPS) is 11.8. The Morgan fingerprint density at radius 3 is 1.35 bits per heavy atom. The molecule has 0 saturated carbocycles. The number of rotatable bonds is 9. The highest BCUT2D eigenvalue weighted by Crippen LogP contribution is 2.73. The Morgan fingerprint density at radius 1 is 0.316 bits per heavy atom. The average Bonchev–Trinajstić information content (AvgIpc) is 3.69. The molecule has 0 radical (unpaired) electrons. The van der Waals surface area contributed by atoms with E-state index in [0.717, 1.165) is 17.1 Å². The summed E-state index contributed by atoms with van der Waals surface area (Å²) in [5.41, 5.74) is 8.30. The van der Waals surface area contributed by atoms with Crippen LogP contribution in [-0.2, 0) is 0 Å². The van der Waals surface area contributed by atoms with E-state index in [1.165, 1.54) is 62.0 Å². The lowest BCUT2D eigenvalue weighted by Gasteiger charge is -2.42. The van der Waals surface area contributed by atoms with Crippen molar-refractivity contribution in [3.63, 3.8) is 0 Å². The van der Waals surface area contributed by atoms with Gasteiger partial charge in [-0.3, -0.25) is 0 Å². The van der Waals surface area contributed by atoms with Crippen LogP contribution >= 0.6 is 21.4 Å². The van der Waals surface area contributed by atoms with Gasteiger partial charge in [0, 0.05) is 46.4 Å². The molecule has 0 aliphatic carbocycles. The zero-order chi connectivity index (χ0) is 38.0. The Kier molecular flexibility index (Phi) is 9.23. The number of thiophene rings is 1. The van der Waals surface area contributed by atoms with Crippen molar-refractivity contribution in [2.24, 2.45) is 0 Å². The lowest BCUT2D eigenvalue weighted by molar-refractivity contribution is 1.22. The summed E-state index contributed by atoms with van der Waals surface area (Å²) in [6.07, 6.45) is 0. The van der Waals surface area contributed by atoms with Crippen LogP contribution in [0.4, 0.5) is 17.1 Å². The first kappa shape index (κ1) is 34.8. The molecule has 1 aromatic heterocycles. The molecular weight excluding hydrogens is 727 g/mol. The minimum absolute atomic E-state index is 1.11. The van der Waals surface area contributed by atoms with E-state index < -0.39 is 10.0 Å². The van der Waals surface area contributed by atoms with Crippen molar-refractivity contribution in [1.29, 1.82) is 0 Å². The molecular formula is C54H39NS2. The maximum absolute atomic E-state index is 2.48. The van der Waals surface area contributed by atoms with Crippen LogP contribution in [0.3, 0.4) is 0 Å². The summed E-state index contributed by atoms with van der Waals surface area (Å²) in [7, 11) is -1.90. The monoisotopic (exact) mass is 765 g/mol. The maximum Gasteiger partial charge on any atom is 0.0640 e. The summed E-state index contributed by atoms with van der Waals surface area (Å²) in [6, 6.07) is 86.7. The van der Waals surface area contributed by atoms with Crippen LogP contribution in [0.1, 0.15) is 0 Å². The molecule has 0 amide bonds. The van der Waals surface area contributed by atoms with Crippen molar-refractivity contribution in [3.8, 4) is 22.3 Å². The first-order valence-electron chi connectivity index (χ1n) is 19.3. The highest BCUT2D eigenvalue weighted by Gasteiger charge is 2.34. The Balaban J connectivity index is 1.23. The summed E-state index contributed by atoms with van der Waals surface area (Å²) in [6.45, 7) is 0. The molecule has 9 aromatic carbocycles. The molecule has 272 valence electrons. The molecule has 0 atom stereocenters. The van der Waals surface area contributed by atoms with Gasteiger partial charge in [-0.15, -0.1) is 21.4 Å². The van der Waals surface area contributed by atoms with Crippen LogP contribution in [0, 0.1) is 0 Å². The molecule has 1 nitrogen and oxygen atoms in total. The fraction of sp³-hybridized carbons (Fsp3) is 0. The zero-order valence-corrected chi connectivity index (χ0v) is 32.9. The number of hydrogen-bond acceptors (Lipinski definition) is 2. The van der Waals surface area contributed by atoms with Gasteiger partial charge >= 0.3 is 0 Å².